The fourth-order valence-electron chi connectivity index (χ4n) is 6.98. The summed E-state index contributed by atoms with van der Waals surface area (Å²) in [6, 6.07) is 4.77. The van der Waals surface area contributed by atoms with Crippen molar-refractivity contribution in [2.24, 2.45) is 0 Å². The summed E-state index contributed by atoms with van der Waals surface area (Å²) < 4.78 is 0. The van der Waals surface area contributed by atoms with Gasteiger partial charge >= 0.3 is 0 Å². The highest BCUT2D eigenvalue weighted by molar-refractivity contribution is 6.51. The van der Waals surface area contributed by atoms with Crippen molar-refractivity contribution in [1.29, 1.82) is 0 Å². The largest absolute Gasteiger partial charge is 0.507 e. The van der Waals surface area contributed by atoms with Gasteiger partial charge in [0.1, 0.15) is 34.5 Å². The Bertz CT molecular complexity index is 2340. The normalized spacial score (nSPS) is 12.8. The van der Waals surface area contributed by atoms with Crippen molar-refractivity contribution in [3.63, 3.8) is 0 Å². The minimum Gasteiger partial charge on any atom is -0.507 e. The highest BCUT2D eigenvalue weighted by atomic mass is 16.3. The lowest BCUT2D eigenvalue weighted by molar-refractivity contribution is 0.452. The first-order valence-electron chi connectivity index (χ1n) is 11.8. The zero-order chi connectivity index (χ0) is 26.7. The maximum Gasteiger partial charge on any atom is 0.190 e. The van der Waals surface area contributed by atoms with Crippen LogP contribution < -0.4 is 10.9 Å². The van der Waals surface area contributed by atoms with Gasteiger partial charge in [-0.25, -0.2) is 0 Å². The molecule has 0 spiro atoms. The number of aryl methyl sites for hydroxylation is 2. The third-order valence-corrected chi connectivity index (χ3v) is 8.25. The molecule has 0 amide bonds. The predicted molar refractivity (Wildman–Crippen MR) is 146 cm³/mol. The van der Waals surface area contributed by atoms with Gasteiger partial charge in [-0.1, -0.05) is 0 Å². The molecule has 0 saturated heterocycles. The lowest BCUT2D eigenvalue weighted by Crippen LogP contribution is -2.08. The Hall–Kier alpha value is -5.24. The minimum atomic E-state index is -0.515. The van der Waals surface area contributed by atoms with E-state index in [4.69, 9.17) is 0 Å². The Labute approximate surface area is 210 Å². The van der Waals surface area contributed by atoms with Gasteiger partial charge in [0.25, 0.3) is 0 Å². The molecule has 184 valence electrons. The van der Waals surface area contributed by atoms with Crippen molar-refractivity contribution in [1.82, 2.24) is 0 Å². The summed E-state index contributed by atoms with van der Waals surface area (Å²) in [5, 5.41) is 69.8. The van der Waals surface area contributed by atoms with Crippen LogP contribution in [-0.2, 0) is 0 Å². The van der Waals surface area contributed by atoms with E-state index in [-0.39, 0.29) is 65.4 Å². The molecule has 0 bridgehead atoms. The fraction of sp³-hybridized carbons (Fsp3) is 0.0667. The van der Waals surface area contributed by atoms with E-state index in [1.165, 1.54) is 12.1 Å². The summed E-state index contributed by atoms with van der Waals surface area (Å²) in [6.45, 7) is 3.34. The first kappa shape index (κ1) is 20.9. The molecule has 0 fully saturated rings. The Morgan fingerprint density at radius 1 is 0.368 bits per heavy atom. The summed E-state index contributed by atoms with van der Waals surface area (Å²) >= 11 is 0. The number of aromatic hydroxyl groups is 6. The number of benzene rings is 8. The molecule has 0 aromatic heterocycles. The van der Waals surface area contributed by atoms with Crippen molar-refractivity contribution in [3.8, 4) is 34.5 Å². The van der Waals surface area contributed by atoms with Crippen LogP contribution in [0.25, 0.3) is 75.4 Å². The quantitative estimate of drug-likeness (QED) is 0.123. The second-order valence-electron chi connectivity index (χ2n) is 10.2. The average molecular weight is 504 g/mol. The van der Waals surface area contributed by atoms with Gasteiger partial charge in [-0.2, -0.15) is 0 Å². The molecule has 8 rings (SSSR count). The summed E-state index contributed by atoms with van der Waals surface area (Å²) in [7, 11) is 0. The first-order valence-corrected chi connectivity index (χ1v) is 11.8. The molecule has 0 atom stereocenters. The van der Waals surface area contributed by atoms with Crippen molar-refractivity contribution in [2.75, 3.05) is 0 Å². The first-order chi connectivity index (χ1) is 18.0. The van der Waals surface area contributed by atoms with Crippen molar-refractivity contribution in [3.05, 3.63) is 55.8 Å². The molecule has 8 aromatic carbocycles. The second kappa shape index (κ2) is 6.00. The zero-order valence-corrected chi connectivity index (χ0v) is 19.8. The Morgan fingerprint density at radius 2 is 0.658 bits per heavy atom. The monoisotopic (exact) mass is 504 g/mol. The van der Waals surface area contributed by atoms with Crippen molar-refractivity contribution >= 4 is 75.4 Å². The van der Waals surface area contributed by atoms with E-state index < -0.39 is 33.9 Å². The highest BCUT2D eigenvalue weighted by Crippen LogP contribution is 2.59. The van der Waals surface area contributed by atoms with Gasteiger partial charge in [0, 0.05) is 55.2 Å². The molecule has 8 heteroatoms. The van der Waals surface area contributed by atoms with Crippen molar-refractivity contribution in [2.45, 2.75) is 13.8 Å². The molecule has 0 heterocycles. The Kier molecular flexibility index (Phi) is 3.30. The number of phenolic OH excluding ortho intramolecular Hbond substituents is 6. The molecular weight excluding hydrogens is 488 g/mol. The van der Waals surface area contributed by atoms with Crippen LogP contribution in [0.4, 0.5) is 0 Å². The van der Waals surface area contributed by atoms with Crippen LogP contribution in [-0.4, -0.2) is 30.6 Å². The molecule has 0 aliphatic heterocycles. The smallest absolute Gasteiger partial charge is 0.190 e. The molecule has 0 saturated carbocycles. The SMILES string of the molecule is Cc1cc(=O)c2c(O)c3c(O)cc(O)c4c5c(C)cc(=O)c6c(O)c7c(O)cc(O)c8c1c2c(c34)c(c78)c65. The third kappa shape index (κ3) is 1.93. The standard InChI is InChI=1S/C30H16O8/c1-7-3-9(31)19-23-15(7)17-11(33)5-13(35)21-25(17)28-24-16(8(2)4-10(32)20(24)30(21)38)18-12(34)6-14(36)22(29(19)37)26(18)27(23)28/h3-6,33-38H,1-2H3. The molecule has 6 N–H and O–H groups in total. The molecular formula is C30H16O8. The van der Waals surface area contributed by atoms with E-state index in [0.717, 1.165) is 12.1 Å². The van der Waals surface area contributed by atoms with E-state index >= 15 is 0 Å². The molecule has 0 unspecified atom stereocenters. The van der Waals surface area contributed by atoms with E-state index in [0.29, 0.717) is 32.7 Å². The topological polar surface area (TPSA) is 156 Å². The predicted octanol–water partition coefficient (Wildman–Crippen LogP) is 5.08. The van der Waals surface area contributed by atoms with Gasteiger partial charge in [0.2, 0.25) is 0 Å². The number of hydrogen-bond acceptors (Lipinski definition) is 8. The van der Waals surface area contributed by atoms with Crippen LogP contribution in [0.15, 0.2) is 33.9 Å². The number of hydrogen-bond donors (Lipinski definition) is 6. The van der Waals surface area contributed by atoms with E-state index in [9.17, 15) is 40.2 Å². The van der Waals surface area contributed by atoms with Crippen LogP contribution in [0.5, 0.6) is 34.5 Å². The van der Waals surface area contributed by atoms with Crippen LogP contribution in [0.1, 0.15) is 11.1 Å². The van der Waals surface area contributed by atoms with Crippen LogP contribution in [0.3, 0.4) is 0 Å². The molecule has 8 aromatic rings. The molecule has 8 nitrogen and oxygen atoms in total. The molecule has 0 aliphatic rings. The fourth-order valence-corrected chi connectivity index (χ4v) is 6.98. The highest BCUT2D eigenvalue weighted by Gasteiger charge is 2.33. The summed E-state index contributed by atoms with van der Waals surface area (Å²) in [4.78, 5) is 26.7. The summed E-state index contributed by atoms with van der Waals surface area (Å²) in [5.74, 6) is -2.48. The number of phenols is 6. The Morgan fingerprint density at radius 3 is 1.03 bits per heavy atom. The lowest BCUT2D eigenvalue weighted by Gasteiger charge is -2.25. The van der Waals surface area contributed by atoms with Gasteiger partial charge in [-0.3, -0.25) is 9.59 Å². The molecule has 38 heavy (non-hydrogen) atoms. The average Bonchev–Trinajstić information content (AvgIpc) is 2.82. The minimum absolute atomic E-state index is 0.0503. The third-order valence-electron chi connectivity index (χ3n) is 8.25. The number of fused-ring (bicyclic) bond motifs is 2. The molecule has 0 aliphatic carbocycles. The number of rotatable bonds is 0. The zero-order valence-electron chi connectivity index (χ0n) is 19.8. The van der Waals surface area contributed by atoms with E-state index in [2.05, 4.69) is 0 Å². The van der Waals surface area contributed by atoms with Crippen LogP contribution in [0, 0.1) is 13.8 Å². The maximum absolute atomic E-state index is 13.3. The summed E-state index contributed by atoms with van der Waals surface area (Å²) in [6.07, 6.45) is 0. The van der Waals surface area contributed by atoms with Crippen molar-refractivity contribution < 1.29 is 30.6 Å². The summed E-state index contributed by atoms with van der Waals surface area (Å²) in [5.41, 5.74) is -0.0945. The van der Waals surface area contributed by atoms with E-state index in [1.54, 1.807) is 13.8 Å². The molecule has 0 radical (unpaired) electrons. The second-order valence-corrected chi connectivity index (χ2v) is 10.2. The van der Waals surface area contributed by atoms with E-state index in [1.807, 2.05) is 0 Å². The van der Waals surface area contributed by atoms with Crippen LogP contribution in [0.2, 0.25) is 0 Å². The van der Waals surface area contributed by atoms with Gasteiger partial charge in [0.05, 0.1) is 21.5 Å². The van der Waals surface area contributed by atoms with Gasteiger partial charge in [-0.15, -0.1) is 0 Å². The van der Waals surface area contributed by atoms with Gasteiger partial charge in [0.15, 0.2) is 10.9 Å². The maximum atomic E-state index is 13.3. The lowest BCUT2D eigenvalue weighted by atomic mass is 9.78. The van der Waals surface area contributed by atoms with Gasteiger partial charge < -0.3 is 30.6 Å². The van der Waals surface area contributed by atoms with Gasteiger partial charge in [-0.05, 0) is 47.9 Å². The Balaban J connectivity index is 2.04. The van der Waals surface area contributed by atoms with Crippen LogP contribution >= 0.6 is 0 Å².